The fraction of sp³-hybridized carbons (Fsp3) is 0.700. The van der Waals surface area contributed by atoms with Gasteiger partial charge in [0, 0.05) is 13.1 Å². The molecule has 1 rings (SSSR count). The van der Waals surface area contributed by atoms with E-state index < -0.39 is 18.0 Å². The number of methoxy groups -OCH3 is 1. The number of hydrogen-bond acceptors (Lipinski definition) is 4. The maximum atomic E-state index is 11.6. The van der Waals surface area contributed by atoms with Gasteiger partial charge in [-0.15, -0.1) is 0 Å². The topological polar surface area (TPSA) is 95.9 Å². The van der Waals surface area contributed by atoms with Crippen LogP contribution >= 0.6 is 0 Å². The third-order valence-electron chi connectivity index (χ3n) is 2.72. The predicted molar refractivity (Wildman–Crippen MR) is 57.3 cm³/mol. The number of esters is 1. The van der Waals surface area contributed by atoms with Crippen molar-refractivity contribution in [2.45, 2.75) is 19.4 Å². The van der Waals surface area contributed by atoms with Crippen molar-refractivity contribution < 1.29 is 24.2 Å². The minimum Gasteiger partial charge on any atom is -0.480 e. The Balaban J connectivity index is 2.45. The molecule has 2 N–H and O–H groups in total. The Labute approximate surface area is 98.7 Å². The highest BCUT2D eigenvalue weighted by Gasteiger charge is 2.32. The second kappa shape index (κ2) is 5.51. The molecule has 17 heavy (non-hydrogen) atoms. The normalized spacial score (nSPS) is 20.8. The van der Waals surface area contributed by atoms with Crippen molar-refractivity contribution in [1.29, 1.82) is 0 Å². The first-order chi connectivity index (χ1) is 7.95. The average molecular weight is 244 g/mol. The van der Waals surface area contributed by atoms with E-state index in [0.717, 1.165) is 0 Å². The van der Waals surface area contributed by atoms with Crippen LogP contribution in [0.3, 0.4) is 0 Å². The lowest BCUT2D eigenvalue weighted by atomic mass is 10.1. The smallest absolute Gasteiger partial charge is 0.325 e. The molecule has 2 unspecified atom stereocenters. The summed E-state index contributed by atoms with van der Waals surface area (Å²) in [6.45, 7) is 2.08. The number of ether oxygens (including phenoxy) is 1. The summed E-state index contributed by atoms with van der Waals surface area (Å²) >= 11 is 0. The maximum absolute atomic E-state index is 11.6. The van der Waals surface area contributed by atoms with Crippen LogP contribution in [0.4, 0.5) is 4.79 Å². The average Bonchev–Trinajstić information content (AvgIpc) is 2.77. The molecule has 2 atom stereocenters. The highest BCUT2D eigenvalue weighted by Crippen LogP contribution is 2.17. The minimum absolute atomic E-state index is 0.269. The van der Waals surface area contributed by atoms with Crippen molar-refractivity contribution in [2.24, 2.45) is 5.92 Å². The molecule has 1 saturated heterocycles. The molecule has 0 aromatic carbocycles. The minimum atomic E-state index is -1.10. The van der Waals surface area contributed by atoms with Crippen LogP contribution in [0.1, 0.15) is 13.3 Å². The van der Waals surface area contributed by atoms with E-state index in [2.05, 4.69) is 10.1 Å². The van der Waals surface area contributed by atoms with Crippen LogP contribution in [0.5, 0.6) is 0 Å². The van der Waals surface area contributed by atoms with Crippen LogP contribution in [0, 0.1) is 5.92 Å². The molecule has 1 fully saturated rings. The molecule has 0 spiro atoms. The van der Waals surface area contributed by atoms with Gasteiger partial charge in [-0.3, -0.25) is 9.59 Å². The highest BCUT2D eigenvalue weighted by molar-refractivity contribution is 5.83. The van der Waals surface area contributed by atoms with Gasteiger partial charge in [0.15, 0.2) is 0 Å². The van der Waals surface area contributed by atoms with Crippen molar-refractivity contribution in [1.82, 2.24) is 10.2 Å². The van der Waals surface area contributed by atoms with E-state index in [1.165, 1.54) is 18.9 Å². The van der Waals surface area contributed by atoms with Crippen LogP contribution < -0.4 is 5.32 Å². The first kappa shape index (κ1) is 13.3. The molecule has 0 bridgehead atoms. The third-order valence-corrected chi connectivity index (χ3v) is 2.72. The lowest BCUT2D eigenvalue weighted by molar-refractivity contribution is -0.145. The van der Waals surface area contributed by atoms with E-state index in [0.29, 0.717) is 13.0 Å². The fourth-order valence-electron chi connectivity index (χ4n) is 1.64. The summed E-state index contributed by atoms with van der Waals surface area (Å²) < 4.78 is 4.59. The zero-order chi connectivity index (χ0) is 13.0. The Morgan fingerprint density at radius 3 is 2.65 bits per heavy atom. The number of amides is 2. The molecule has 96 valence electrons. The number of aliphatic carboxylic acids is 1. The van der Waals surface area contributed by atoms with E-state index >= 15 is 0 Å². The quantitative estimate of drug-likeness (QED) is 0.662. The molecule has 0 saturated carbocycles. The molecule has 0 aromatic rings. The van der Waals surface area contributed by atoms with Gasteiger partial charge in [-0.2, -0.15) is 0 Å². The van der Waals surface area contributed by atoms with Crippen LogP contribution in [0.2, 0.25) is 0 Å². The van der Waals surface area contributed by atoms with Crippen LogP contribution in [0.25, 0.3) is 0 Å². The number of rotatable bonds is 3. The van der Waals surface area contributed by atoms with E-state index in [9.17, 15) is 14.4 Å². The van der Waals surface area contributed by atoms with Crippen LogP contribution in [-0.4, -0.2) is 54.2 Å². The van der Waals surface area contributed by atoms with Gasteiger partial charge < -0.3 is 20.1 Å². The Hall–Kier alpha value is -1.79. The first-order valence-corrected chi connectivity index (χ1v) is 5.31. The molecule has 0 aromatic heterocycles. The standard InChI is InChI=1S/C10H16N2O5/c1-6(8(13)14)11-10(16)12-4-3-7(5-12)9(15)17-2/h6-7H,3-5H2,1-2H3,(H,11,16)(H,13,14). The number of carboxylic acid groups (broad SMARTS) is 1. The second-order valence-electron chi connectivity index (χ2n) is 3.96. The Bertz CT molecular complexity index is 331. The second-order valence-corrected chi connectivity index (χ2v) is 3.96. The Morgan fingerprint density at radius 2 is 2.12 bits per heavy atom. The monoisotopic (exact) mass is 244 g/mol. The lowest BCUT2D eigenvalue weighted by Gasteiger charge is -2.18. The molecular weight excluding hydrogens is 228 g/mol. The van der Waals surface area contributed by atoms with E-state index in [-0.39, 0.29) is 18.4 Å². The predicted octanol–water partition coefficient (Wildman–Crippen LogP) is -0.336. The molecule has 1 aliphatic heterocycles. The number of hydrogen-bond donors (Lipinski definition) is 2. The van der Waals surface area contributed by atoms with Gasteiger partial charge in [-0.1, -0.05) is 0 Å². The van der Waals surface area contributed by atoms with Crippen LogP contribution in [-0.2, 0) is 14.3 Å². The van der Waals surface area contributed by atoms with Crippen molar-refractivity contribution in [3.05, 3.63) is 0 Å². The number of carbonyl (C=O) groups excluding carboxylic acids is 2. The van der Waals surface area contributed by atoms with Gasteiger partial charge in [0.05, 0.1) is 13.0 Å². The first-order valence-electron chi connectivity index (χ1n) is 5.31. The van der Waals surface area contributed by atoms with Gasteiger partial charge in [-0.05, 0) is 13.3 Å². The summed E-state index contributed by atoms with van der Waals surface area (Å²) in [6.07, 6.45) is 0.543. The van der Waals surface area contributed by atoms with Crippen molar-refractivity contribution in [2.75, 3.05) is 20.2 Å². The maximum Gasteiger partial charge on any atom is 0.325 e. The summed E-state index contributed by atoms with van der Waals surface area (Å²) in [5.74, 6) is -1.75. The summed E-state index contributed by atoms with van der Waals surface area (Å²) in [7, 11) is 1.30. The summed E-state index contributed by atoms with van der Waals surface area (Å²) in [6, 6.07) is -1.41. The molecule has 0 aliphatic carbocycles. The Morgan fingerprint density at radius 1 is 1.47 bits per heavy atom. The fourth-order valence-corrected chi connectivity index (χ4v) is 1.64. The molecule has 0 radical (unpaired) electrons. The number of nitrogens with one attached hydrogen (secondary N) is 1. The van der Waals surface area contributed by atoms with Gasteiger partial charge in [-0.25, -0.2) is 4.79 Å². The summed E-state index contributed by atoms with van der Waals surface area (Å²) in [5.41, 5.74) is 0. The van der Waals surface area contributed by atoms with Crippen molar-refractivity contribution in [3.8, 4) is 0 Å². The van der Waals surface area contributed by atoms with Gasteiger partial charge in [0.2, 0.25) is 0 Å². The molecule has 7 nitrogen and oxygen atoms in total. The van der Waals surface area contributed by atoms with Crippen molar-refractivity contribution in [3.63, 3.8) is 0 Å². The third kappa shape index (κ3) is 3.33. The molecule has 7 heteroatoms. The number of carbonyl (C=O) groups is 3. The molecule has 1 heterocycles. The molecule has 2 amide bonds. The lowest BCUT2D eigenvalue weighted by Crippen LogP contribution is -2.46. The van der Waals surface area contributed by atoms with Gasteiger partial charge >= 0.3 is 18.0 Å². The zero-order valence-electron chi connectivity index (χ0n) is 9.80. The Kier molecular flexibility index (Phi) is 4.30. The number of likely N-dealkylation sites (tertiary alicyclic amines) is 1. The molecular formula is C10H16N2O5. The van der Waals surface area contributed by atoms with Crippen LogP contribution in [0.15, 0.2) is 0 Å². The number of carboxylic acids is 1. The number of nitrogens with zero attached hydrogens (tertiary/aromatic N) is 1. The van der Waals surface area contributed by atoms with E-state index in [1.807, 2.05) is 0 Å². The van der Waals surface area contributed by atoms with Crippen molar-refractivity contribution >= 4 is 18.0 Å². The zero-order valence-corrected chi connectivity index (χ0v) is 9.80. The van der Waals surface area contributed by atoms with E-state index in [1.54, 1.807) is 0 Å². The largest absolute Gasteiger partial charge is 0.480 e. The highest BCUT2D eigenvalue weighted by atomic mass is 16.5. The van der Waals surface area contributed by atoms with E-state index in [4.69, 9.17) is 5.11 Å². The molecule has 1 aliphatic rings. The van der Waals surface area contributed by atoms with Gasteiger partial charge in [0.1, 0.15) is 6.04 Å². The number of urea groups is 1. The summed E-state index contributed by atoms with van der Waals surface area (Å²) in [4.78, 5) is 34.8. The summed E-state index contributed by atoms with van der Waals surface area (Å²) in [5, 5.41) is 11.0. The van der Waals surface area contributed by atoms with Gasteiger partial charge in [0.25, 0.3) is 0 Å². The SMILES string of the molecule is COC(=O)C1CCN(C(=O)NC(C)C(=O)O)C1.